The third-order valence-corrected chi connectivity index (χ3v) is 3.01. The summed E-state index contributed by atoms with van der Waals surface area (Å²) in [7, 11) is 0. The highest BCUT2D eigenvalue weighted by Gasteiger charge is 2.28. The van der Waals surface area contributed by atoms with Crippen molar-refractivity contribution in [3.05, 3.63) is 29.3 Å². The smallest absolute Gasteiger partial charge is 0.405 e. The minimum atomic E-state index is -4.41. The van der Waals surface area contributed by atoms with Gasteiger partial charge < -0.3 is 15.4 Å². The number of hydrogen-bond acceptors (Lipinski definition) is 2. The Morgan fingerprint density at radius 1 is 1.45 bits per heavy atom. The van der Waals surface area contributed by atoms with Crippen molar-refractivity contribution >= 4 is 6.03 Å². The maximum Gasteiger partial charge on any atom is 0.405 e. The van der Waals surface area contributed by atoms with E-state index in [0.717, 1.165) is 23.3 Å². The van der Waals surface area contributed by atoms with Gasteiger partial charge in [0.2, 0.25) is 0 Å². The maximum atomic E-state index is 12.0. The lowest BCUT2D eigenvalue weighted by molar-refractivity contribution is -0.122. The minimum absolute atomic E-state index is 0.380. The van der Waals surface area contributed by atoms with Gasteiger partial charge in [0.05, 0.1) is 12.6 Å². The van der Waals surface area contributed by atoms with Gasteiger partial charge in [0, 0.05) is 6.42 Å². The summed E-state index contributed by atoms with van der Waals surface area (Å²) in [6, 6.07) is 4.28. The van der Waals surface area contributed by atoms with Gasteiger partial charge in [-0.25, -0.2) is 4.79 Å². The number of hydrogen-bond donors (Lipinski definition) is 2. The lowest BCUT2D eigenvalue weighted by Crippen LogP contribution is -2.41. The highest BCUT2D eigenvalue weighted by Crippen LogP contribution is 2.28. The Labute approximate surface area is 114 Å². The van der Waals surface area contributed by atoms with E-state index in [2.05, 4.69) is 5.32 Å². The molecule has 0 unspecified atom stereocenters. The monoisotopic (exact) mass is 288 g/mol. The molecule has 2 N–H and O–H groups in total. The van der Waals surface area contributed by atoms with Crippen molar-refractivity contribution in [2.75, 3.05) is 13.2 Å². The minimum Gasteiger partial charge on any atom is -0.493 e. The summed E-state index contributed by atoms with van der Waals surface area (Å²) in [5, 5.41) is 4.24. The van der Waals surface area contributed by atoms with E-state index in [4.69, 9.17) is 4.74 Å². The van der Waals surface area contributed by atoms with E-state index in [1.165, 1.54) is 0 Å². The summed E-state index contributed by atoms with van der Waals surface area (Å²) in [6.45, 7) is 1.00. The summed E-state index contributed by atoms with van der Waals surface area (Å²) in [6.07, 6.45) is -3.61. The molecule has 0 saturated carbocycles. The molecule has 7 heteroatoms. The van der Waals surface area contributed by atoms with Crippen LogP contribution in [0.4, 0.5) is 18.0 Å². The third-order valence-electron chi connectivity index (χ3n) is 3.01. The zero-order valence-corrected chi connectivity index (χ0v) is 10.9. The quantitative estimate of drug-likeness (QED) is 0.898. The van der Waals surface area contributed by atoms with Gasteiger partial charge in [0.1, 0.15) is 12.3 Å². The Morgan fingerprint density at radius 3 is 2.90 bits per heavy atom. The summed E-state index contributed by atoms with van der Waals surface area (Å²) in [4.78, 5) is 11.4. The highest BCUT2D eigenvalue weighted by atomic mass is 19.4. The van der Waals surface area contributed by atoms with Crippen LogP contribution in [0.5, 0.6) is 5.75 Å². The highest BCUT2D eigenvalue weighted by molar-refractivity contribution is 5.74. The predicted octanol–water partition coefficient (Wildman–Crippen LogP) is 2.54. The topological polar surface area (TPSA) is 50.4 Å². The van der Waals surface area contributed by atoms with Crippen molar-refractivity contribution in [3.8, 4) is 5.75 Å². The van der Waals surface area contributed by atoms with Gasteiger partial charge in [-0.1, -0.05) is 6.07 Å². The van der Waals surface area contributed by atoms with E-state index in [-0.39, 0.29) is 6.04 Å². The Morgan fingerprint density at radius 2 is 2.20 bits per heavy atom. The largest absolute Gasteiger partial charge is 0.493 e. The standard InChI is InChI=1S/C13H15F3N2O2/c1-8(18-12(19)17-7-13(14,15)16)9-2-3-11-10(6-9)4-5-20-11/h2-3,6,8H,4-5,7H2,1H3,(H2,17,18,19)/t8-/m1/s1. The molecule has 2 rings (SSSR count). The number of alkyl halides is 3. The van der Waals surface area contributed by atoms with Crippen LogP contribution in [0.1, 0.15) is 24.1 Å². The van der Waals surface area contributed by atoms with Crippen molar-refractivity contribution in [1.29, 1.82) is 0 Å². The number of carbonyl (C=O) groups excluding carboxylic acids is 1. The Bertz CT molecular complexity index is 503. The van der Waals surface area contributed by atoms with Crippen LogP contribution < -0.4 is 15.4 Å². The van der Waals surface area contributed by atoms with E-state index in [1.54, 1.807) is 18.3 Å². The molecule has 0 saturated heterocycles. The van der Waals surface area contributed by atoms with Gasteiger partial charge >= 0.3 is 12.2 Å². The van der Waals surface area contributed by atoms with Gasteiger partial charge in [-0.05, 0) is 30.2 Å². The van der Waals surface area contributed by atoms with Crippen molar-refractivity contribution in [2.45, 2.75) is 25.6 Å². The molecule has 1 aliphatic heterocycles. The van der Waals surface area contributed by atoms with Crippen LogP contribution in [0.25, 0.3) is 0 Å². The molecule has 0 aromatic heterocycles. The van der Waals surface area contributed by atoms with Crippen LogP contribution in [-0.4, -0.2) is 25.4 Å². The molecule has 110 valence electrons. The van der Waals surface area contributed by atoms with Crippen molar-refractivity contribution in [3.63, 3.8) is 0 Å². The first kappa shape index (κ1) is 14.5. The molecule has 1 aliphatic rings. The lowest BCUT2D eigenvalue weighted by Gasteiger charge is -2.16. The first-order valence-electron chi connectivity index (χ1n) is 6.22. The molecular formula is C13H15F3N2O2. The van der Waals surface area contributed by atoms with Gasteiger partial charge in [0.25, 0.3) is 0 Å². The van der Waals surface area contributed by atoms with Gasteiger partial charge in [-0.3, -0.25) is 0 Å². The van der Waals surface area contributed by atoms with E-state index >= 15 is 0 Å². The van der Waals surface area contributed by atoms with Gasteiger partial charge in [-0.2, -0.15) is 13.2 Å². The molecule has 1 aromatic rings. The molecule has 0 radical (unpaired) electrons. The molecule has 2 amide bonds. The molecule has 0 spiro atoms. The number of benzene rings is 1. The molecule has 0 aliphatic carbocycles. The van der Waals surface area contributed by atoms with Crippen LogP contribution in [0, 0.1) is 0 Å². The molecule has 4 nitrogen and oxygen atoms in total. The second-order valence-electron chi connectivity index (χ2n) is 4.63. The fourth-order valence-corrected chi connectivity index (χ4v) is 1.99. The van der Waals surface area contributed by atoms with Crippen LogP contribution in [0.2, 0.25) is 0 Å². The Balaban J connectivity index is 1.91. The number of urea groups is 1. The van der Waals surface area contributed by atoms with E-state index in [0.29, 0.717) is 6.61 Å². The van der Waals surface area contributed by atoms with Gasteiger partial charge in [-0.15, -0.1) is 0 Å². The SMILES string of the molecule is C[C@@H](NC(=O)NCC(F)(F)F)c1ccc2c(c1)CCO2. The molecular weight excluding hydrogens is 273 g/mol. The second kappa shape index (κ2) is 5.60. The number of fused-ring (bicyclic) bond motifs is 1. The maximum absolute atomic E-state index is 12.0. The van der Waals surface area contributed by atoms with Crippen molar-refractivity contribution in [2.24, 2.45) is 0 Å². The predicted molar refractivity (Wildman–Crippen MR) is 66.6 cm³/mol. The number of carbonyl (C=O) groups is 1. The number of rotatable bonds is 3. The summed E-state index contributed by atoms with van der Waals surface area (Å²) in [5.74, 6) is 0.822. The van der Waals surface area contributed by atoms with Crippen LogP contribution >= 0.6 is 0 Å². The first-order valence-corrected chi connectivity index (χ1v) is 6.22. The first-order chi connectivity index (χ1) is 9.35. The zero-order chi connectivity index (χ0) is 14.8. The zero-order valence-electron chi connectivity index (χ0n) is 10.9. The van der Waals surface area contributed by atoms with E-state index < -0.39 is 18.8 Å². The molecule has 1 aromatic carbocycles. The number of ether oxygens (including phenoxy) is 1. The molecule has 1 atom stereocenters. The number of nitrogens with one attached hydrogen (secondary N) is 2. The molecule has 0 bridgehead atoms. The van der Waals surface area contributed by atoms with E-state index in [9.17, 15) is 18.0 Å². The van der Waals surface area contributed by atoms with Crippen molar-refractivity contribution < 1.29 is 22.7 Å². The van der Waals surface area contributed by atoms with E-state index in [1.807, 2.05) is 12.1 Å². The molecule has 0 fully saturated rings. The number of halogens is 3. The Hall–Kier alpha value is -1.92. The molecule has 20 heavy (non-hydrogen) atoms. The summed E-state index contributed by atoms with van der Waals surface area (Å²) >= 11 is 0. The van der Waals surface area contributed by atoms with Crippen LogP contribution in [-0.2, 0) is 6.42 Å². The normalized spacial score (nSPS) is 15.2. The van der Waals surface area contributed by atoms with Crippen LogP contribution in [0.15, 0.2) is 18.2 Å². The fraction of sp³-hybridized carbons (Fsp3) is 0.462. The number of amides is 2. The Kier molecular flexibility index (Phi) is 4.06. The molecule has 1 heterocycles. The average molecular weight is 288 g/mol. The fourth-order valence-electron chi connectivity index (χ4n) is 1.99. The summed E-state index contributed by atoms with van der Waals surface area (Å²) in [5.41, 5.74) is 1.88. The van der Waals surface area contributed by atoms with Gasteiger partial charge in [0.15, 0.2) is 0 Å². The van der Waals surface area contributed by atoms with Crippen LogP contribution in [0.3, 0.4) is 0 Å². The second-order valence-corrected chi connectivity index (χ2v) is 4.63. The summed E-state index contributed by atoms with van der Waals surface area (Å²) < 4.78 is 41.3. The lowest BCUT2D eigenvalue weighted by atomic mass is 10.0. The average Bonchev–Trinajstić information content (AvgIpc) is 2.82. The third kappa shape index (κ3) is 3.79. The van der Waals surface area contributed by atoms with Crippen molar-refractivity contribution in [1.82, 2.24) is 10.6 Å².